The Balaban J connectivity index is 1.52. The van der Waals surface area contributed by atoms with Crippen LogP contribution in [-0.2, 0) is 9.59 Å². The van der Waals surface area contributed by atoms with E-state index in [0.29, 0.717) is 34.2 Å². The van der Waals surface area contributed by atoms with Crippen molar-refractivity contribution < 1.29 is 18.8 Å². The molecule has 32 heavy (non-hydrogen) atoms. The van der Waals surface area contributed by atoms with Crippen molar-refractivity contribution in [2.24, 2.45) is 0 Å². The molecule has 3 N–H and O–H groups in total. The van der Waals surface area contributed by atoms with Crippen LogP contribution in [0.4, 0.5) is 16.0 Å². The van der Waals surface area contributed by atoms with E-state index in [1.807, 2.05) is 0 Å². The van der Waals surface area contributed by atoms with Crippen molar-refractivity contribution in [1.29, 1.82) is 0 Å². The molecule has 2 aliphatic rings. The van der Waals surface area contributed by atoms with Gasteiger partial charge in [0.15, 0.2) is 5.65 Å². The summed E-state index contributed by atoms with van der Waals surface area (Å²) in [6.45, 7) is 1.62. The second kappa shape index (κ2) is 7.56. The Morgan fingerprint density at radius 2 is 2.09 bits per heavy atom. The van der Waals surface area contributed by atoms with Crippen LogP contribution in [0.15, 0.2) is 36.0 Å². The molecular weight excluding hydrogens is 415 g/mol. The Morgan fingerprint density at radius 3 is 2.78 bits per heavy atom. The van der Waals surface area contributed by atoms with Gasteiger partial charge in [-0.25, -0.2) is 9.37 Å². The van der Waals surface area contributed by atoms with Crippen molar-refractivity contribution in [2.45, 2.75) is 32.2 Å². The standard InChI is InChI=1S/C22H19FN6O3/c1-11-2-3-12(7-16(11)23)21(31)27-17-9-18(25-15-4-5-15)29-20(26-17)14(10-24-29)6-13-8-19(30)28-22(13)32/h2-3,6-7,9-10,15,25H,4-5,8H2,1H3,(H,26,27,31)(H,28,30,32)/b13-6+. The third-order valence-corrected chi connectivity index (χ3v) is 5.33. The molecule has 1 aliphatic heterocycles. The minimum atomic E-state index is -0.502. The molecule has 0 radical (unpaired) electrons. The van der Waals surface area contributed by atoms with Crippen LogP contribution in [0.3, 0.4) is 0 Å². The lowest BCUT2D eigenvalue weighted by Crippen LogP contribution is -2.19. The number of rotatable bonds is 5. The molecule has 2 fully saturated rings. The topological polar surface area (TPSA) is 117 Å². The van der Waals surface area contributed by atoms with E-state index in [1.54, 1.807) is 35.8 Å². The molecule has 0 unspecified atom stereocenters. The van der Waals surface area contributed by atoms with Gasteiger partial charge in [-0.1, -0.05) is 6.07 Å². The molecule has 3 heterocycles. The van der Waals surface area contributed by atoms with E-state index >= 15 is 0 Å². The monoisotopic (exact) mass is 434 g/mol. The van der Waals surface area contributed by atoms with Crippen LogP contribution in [-0.4, -0.2) is 38.4 Å². The SMILES string of the molecule is Cc1ccc(C(=O)Nc2cc(NC3CC3)n3ncc(/C=C4\CC(=O)NC4=O)c3n2)cc1F. The quantitative estimate of drug-likeness (QED) is 0.419. The number of hydrogen-bond acceptors (Lipinski definition) is 6. The number of amides is 3. The van der Waals surface area contributed by atoms with Gasteiger partial charge in [0.05, 0.1) is 12.6 Å². The fourth-order valence-corrected chi connectivity index (χ4v) is 3.42. The van der Waals surface area contributed by atoms with Crippen molar-refractivity contribution in [2.75, 3.05) is 10.6 Å². The Kier molecular flexibility index (Phi) is 4.69. The summed E-state index contributed by atoms with van der Waals surface area (Å²) in [5.74, 6) is -0.903. The summed E-state index contributed by atoms with van der Waals surface area (Å²) in [5.41, 5.74) is 1.86. The first-order valence-corrected chi connectivity index (χ1v) is 10.1. The molecule has 1 saturated carbocycles. The van der Waals surface area contributed by atoms with Gasteiger partial charge in [-0.15, -0.1) is 0 Å². The van der Waals surface area contributed by atoms with Gasteiger partial charge in [-0.2, -0.15) is 9.61 Å². The summed E-state index contributed by atoms with van der Waals surface area (Å²) >= 11 is 0. The summed E-state index contributed by atoms with van der Waals surface area (Å²) in [5, 5.41) is 12.6. The van der Waals surface area contributed by atoms with E-state index < -0.39 is 17.6 Å². The number of nitrogens with one attached hydrogen (secondary N) is 3. The maximum Gasteiger partial charge on any atom is 0.256 e. The summed E-state index contributed by atoms with van der Waals surface area (Å²) in [7, 11) is 0. The minimum absolute atomic E-state index is 0.0151. The molecule has 0 bridgehead atoms. The first kappa shape index (κ1) is 19.9. The van der Waals surface area contributed by atoms with Gasteiger partial charge in [0.2, 0.25) is 5.91 Å². The lowest BCUT2D eigenvalue weighted by molar-refractivity contribution is -0.124. The average molecular weight is 434 g/mol. The van der Waals surface area contributed by atoms with Gasteiger partial charge in [0.25, 0.3) is 11.8 Å². The number of imide groups is 1. The normalized spacial score (nSPS) is 17.1. The molecule has 0 spiro atoms. The average Bonchev–Trinajstić information content (AvgIpc) is 3.38. The molecule has 0 atom stereocenters. The molecule has 9 nitrogen and oxygen atoms in total. The van der Waals surface area contributed by atoms with E-state index in [9.17, 15) is 18.8 Å². The van der Waals surface area contributed by atoms with Crippen LogP contribution in [0.5, 0.6) is 0 Å². The first-order valence-electron chi connectivity index (χ1n) is 10.1. The van der Waals surface area contributed by atoms with Crippen molar-refractivity contribution >= 4 is 41.1 Å². The van der Waals surface area contributed by atoms with Crippen LogP contribution in [0.2, 0.25) is 0 Å². The molecule has 10 heteroatoms. The number of carbonyl (C=O) groups excluding carboxylic acids is 3. The number of carbonyl (C=O) groups is 3. The number of benzene rings is 1. The highest BCUT2D eigenvalue weighted by molar-refractivity contribution is 6.15. The zero-order valence-electron chi connectivity index (χ0n) is 17.1. The van der Waals surface area contributed by atoms with Crippen LogP contribution < -0.4 is 16.0 Å². The lowest BCUT2D eigenvalue weighted by Gasteiger charge is -2.11. The summed E-state index contributed by atoms with van der Waals surface area (Å²) < 4.78 is 15.5. The predicted molar refractivity (Wildman–Crippen MR) is 114 cm³/mol. The summed E-state index contributed by atoms with van der Waals surface area (Å²) in [4.78, 5) is 40.6. The Labute approximate surface area is 181 Å². The van der Waals surface area contributed by atoms with Crippen LogP contribution in [0, 0.1) is 12.7 Å². The van der Waals surface area contributed by atoms with Crippen molar-refractivity contribution in [3.05, 3.63) is 58.5 Å². The van der Waals surface area contributed by atoms with Crippen molar-refractivity contribution in [3.63, 3.8) is 0 Å². The highest BCUT2D eigenvalue weighted by atomic mass is 19.1. The van der Waals surface area contributed by atoms with Crippen LogP contribution in [0.1, 0.15) is 40.7 Å². The number of anilines is 2. The zero-order chi connectivity index (χ0) is 22.4. The fourth-order valence-electron chi connectivity index (χ4n) is 3.42. The third kappa shape index (κ3) is 3.82. The number of aryl methyl sites for hydroxylation is 1. The number of aromatic nitrogens is 3. The van der Waals surface area contributed by atoms with Gasteiger partial charge < -0.3 is 10.6 Å². The Bertz CT molecular complexity index is 1320. The lowest BCUT2D eigenvalue weighted by atomic mass is 10.1. The van der Waals surface area contributed by atoms with Crippen LogP contribution >= 0.6 is 0 Å². The molecule has 1 aromatic carbocycles. The van der Waals surface area contributed by atoms with Gasteiger partial charge in [0, 0.05) is 28.8 Å². The third-order valence-electron chi connectivity index (χ3n) is 5.33. The number of hydrogen-bond donors (Lipinski definition) is 3. The largest absolute Gasteiger partial charge is 0.367 e. The highest BCUT2D eigenvalue weighted by Crippen LogP contribution is 2.28. The summed E-state index contributed by atoms with van der Waals surface area (Å²) in [6.07, 6.45) is 5.14. The second-order valence-electron chi connectivity index (χ2n) is 7.92. The maximum atomic E-state index is 13.9. The number of halogens is 1. The van der Waals surface area contributed by atoms with Crippen molar-refractivity contribution in [3.8, 4) is 0 Å². The molecular formula is C22H19FN6O3. The van der Waals surface area contributed by atoms with Crippen LogP contribution in [0.25, 0.3) is 11.7 Å². The fraction of sp³-hybridized carbons (Fsp3) is 0.227. The number of fused-ring (bicyclic) bond motifs is 1. The van der Waals surface area contributed by atoms with Gasteiger partial charge in [0.1, 0.15) is 17.5 Å². The molecule has 2 aromatic heterocycles. The molecule has 162 valence electrons. The molecule has 1 saturated heterocycles. The Morgan fingerprint density at radius 1 is 1.28 bits per heavy atom. The smallest absolute Gasteiger partial charge is 0.256 e. The van der Waals surface area contributed by atoms with Gasteiger partial charge >= 0.3 is 0 Å². The maximum absolute atomic E-state index is 13.9. The van der Waals surface area contributed by atoms with Gasteiger partial charge in [-0.05, 0) is 43.5 Å². The summed E-state index contributed by atoms with van der Waals surface area (Å²) in [6, 6.07) is 6.22. The first-order chi connectivity index (χ1) is 15.4. The molecule has 3 aromatic rings. The van der Waals surface area contributed by atoms with E-state index in [4.69, 9.17) is 0 Å². The van der Waals surface area contributed by atoms with E-state index in [-0.39, 0.29) is 23.7 Å². The Hall–Kier alpha value is -4.08. The minimum Gasteiger partial charge on any atom is -0.367 e. The molecule has 5 rings (SSSR count). The van der Waals surface area contributed by atoms with Crippen molar-refractivity contribution in [1.82, 2.24) is 19.9 Å². The van der Waals surface area contributed by atoms with E-state index in [2.05, 4.69) is 26.0 Å². The molecule has 3 amide bonds. The predicted octanol–water partition coefficient (Wildman–Crippen LogP) is 2.43. The second-order valence-corrected chi connectivity index (χ2v) is 7.92. The highest BCUT2D eigenvalue weighted by Gasteiger charge is 2.26. The zero-order valence-corrected chi connectivity index (χ0v) is 17.1. The van der Waals surface area contributed by atoms with E-state index in [1.165, 1.54) is 12.1 Å². The van der Waals surface area contributed by atoms with Gasteiger partial charge in [-0.3, -0.25) is 19.7 Å². The number of nitrogens with zero attached hydrogens (tertiary/aromatic N) is 3. The van der Waals surface area contributed by atoms with E-state index in [0.717, 1.165) is 12.8 Å². The molecule has 1 aliphatic carbocycles.